The molecule has 0 aromatic carbocycles. The zero-order valence-corrected chi connectivity index (χ0v) is 37.3. The van der Waals surface area contributed by atoms with E-state index >= 15 is 0 Å². The molecule has 0 heterocycles. The molecule has 3 atom stereocenters. The molecule has 10 heteroatoms. The minimum Gasteiger partial charge on any atom is -0.457 e. The average Bonchev–Trinajstić information content (AvgIpc) is 3.19. The van der Waals surface area contributed by atoms with Gasteiger partial charge in [0.25, 0.3) is 0 Å². The first-order valence-electron chi connectivity index (χ1n) is 23.3. The Bertz CT molecular complexity index is 928. The molecule has 0 aliphatic heterocycles. The quantitative estimate of drug-likeness (QED) is 0.0238. The van der Waals surface area contributed by atoms with Crippen LogP contribution in [-0.4, -0.2) is 66.3 Å². The standard InChI is InChI=1S/C46H89O9P/c1-3-5-7-9-11-13-15-17-19-21-23-25-27-29-31-33-35-37-39-52-42-45(43-54-56(50,51)53-41-44(48)40-47)55-46(49)38-36-34-32-30-28-26-24-22-20-18-16-14-12-10-8-6-4-2/h11,13,17,19,44-45,47-48H,3-10,12,14-16,18,20-43H2,1-2H3,(H,50,51)/b13-11-,19-17-. The number of esters is 1. The summed E-state index contributed by atoms with van der Waals surface area (Å²) in [5.74, 6) is -0.381. The number of phosphoric acid groups is 1. The fraction of sp³-hybridized carbons (Fsp3) is 0.891. The van der Waals surface area contributed by atoms with Crippen LogP contribution in [0.25, 0.3) is 0 Å². The molecule has 0 fully saturated rings. The minimum atomic E-state index is -4.52. The summed E-state index contributed by atoms with van der Waals surface area (Å²) in [6.07, 6.45) is 45.6. The van der Waals surface area contributed by atoms with Gasteiger partial charge in [0.2, 0.25) is 0 Å². The highest BCUT2D eigenvalue weighted by molar-refractivity contribution is 7.47. The second kappa shape index (κ2) is 43.5. The van der Waals surface area contributed by atoms with E-state index in [1.54, 1.807) is 0 Å². The lowest BCUT2D eigenvalue weighted by atomic mass is 10.0. The van der Waals surface area contributed by atoms with Gasteiger partial charge in [-0.05, 0) is 44.9 Å². The summed E-state index contributed by atoms with van der Waals surface area (Å²) < 4.78 is 33.4. The monoisotopic (exact) mass is 817 g/mol. The molecular formula is C46H89O9P. The Morgan fingerprint density at radius 2 is 0.964 bits per heavy atom. The fourth-order valence-electron chi connectivity index (χ4n) is 6.56. The highest BCUT2D eigenvalue weighted by atomic mass is 31.2. The van der Waals surface area contributed by atoms with Crippen LogP contribution in [0.15, 0.2) is 24.3 Å². The van der Waals surface area contributed by atoms with Crippen molar-refractivity contribution in [3.05, 3.63) is 24.3 Å². The maximum atomic E-state index is 12.6. The lowest BCUT2D eigenvalue weighted by Crippen LogP contribution is -2.29. The van der Waals surface area contributed by atoms with E-state index in [1.165, 1.54) is 148 Å². The van der Waals surface area contributed by atoms with E-state index in [2.05, 4.69) is 38.2 Å². The second-order valence-corrected chi connectivity index (χ2v) is 17.2. The smallest absolute Gasteiger partial charge is 0.457 e. The lowest BCUT2D eigenvalue weighted by Gasteiger charge is -2.20. The van der Waals surface area contributed by atoms with Crippen LogP contribution in [0.3, 0.4) is 0 Å². The summed E-state index contributed by atoms with van der Waals surface area (Å²) in [4.78, 5) is 22.6. The summed E-state index contributed by atoms with van der Waals surface area (Å²) in [5, 5.41) is 18.4. The Kier molecular flexibility index (Phi) is 42.7. The number of hydrogen-bond acceptors (Lipinski definition) is 8. The summed E-state index contributed by atoms with van der Waals surface area (Å²) in [6, 6.07) is 0. The number of unbranched alkanes of at least 4 members (excludes halogenated alkanes) is 27. The van der Waals surface area contributed by atoms with Crippen LogP contribution >= 0.6 is 7.82 Å². The van der Waals surface area contributed by atoms with Crippen LogP contribution in [-0.2, 0) is 27.9 Å². The van der Waals surface area contributed by atoms with Gasteiger partial charge in [0.1, 0.15) is 12.2 Å². The number of aliphatic hydroxyl groups excluding tert-OH is 2. The predicted octanol–water partition coefficient (Wildman–Crippen LogP) is 13.0. The van der Waals surface area contributed by atoms with Gasteiger partial charge in [-0.1, -0.05) is 192 Å². The maximum absolute atomic E-state index is 12.6. The Labute approximate surface area is 344 Å². The number of carbonyl (C=O) groups is 1. The molecule has 0 amide bonds. The SMILES string of the molecule is CCCCC/C=C\C/C=C\CCCCCCCCCCOCC(COP(=O)(O)OCC(O)CO)OC(=O)CCCCCCCCCCCCCCCCCCC. The second-order valence-electron chi connectivity index (χ2n) is 15.8. The summed E-state index contributed by atoms with van der Waals surface area (Å²) in [6.45, 7) is 3.52. The molecule has 0 aromatic rings. The van der Waals surface area contributed by atoms with Gasteiger partial charge in [-0.25, -0.2) is 4.57 Å². The van der Waals surface area contributed by atoms with Crippen LogP contribution < -0.4 is 0 Å². The molecule has 0 saturated heterocycles. The fourth-order valence-corrected chi connectivity index (χ4v) is 7.35. The van der Waals surface area contributed by atoms with E-state index < -0.39 is 33.2 Å². The van der Waals surface area contributed by atoms with Crippen molar-refractivity contribution in [1.29, 1.82) is 0 Å². The Balaban J connectivity index is 4.11. The minimum absolute atomic E-state index is 0.0493. The first kappa shape index (κ1) is 54.9. The largest absolute Gasteiger partial charge is 0.472 e. The van der Waals surface area contributed by atoms with Crippen LogP contribution in [0.2, 0.25) is 0 Å². The number of rotatable bonds is 45. The molecule has 0 bridgehead atoms. The lowest BCUT2D eigenvalue weighted by molar-refractivity contribution is -0.154. The molecule has 332 valence electrons. The van der Waals surface area contributed by atoms with Gasteiger partial charge in [0.05, 0.1) is 26.4 Å². The summed E-state index contributed by atoms with van der Waals surface area (Å²) >= 11 is 0. The van der Waals surface area contributed by atoms with Crippen molar-refractivity contribution in [2.24, 2.45) is 0 Å². The molecule has 0 spiro atoms. The van der Waals surface area contributed by atoms with Crippen molar-refractivity contribution in [1.82, 2.24) is 0 Å². The number of carbonyl (C=O) groups excluding carboxylic acids is 1. The van der Waals surface area contributed by atoms with E-state index in [-0.39, 0.29) is 25.6 Å². The molecule has 0 aromatic heterocycles. The Morgan fingerprint density at radius 3 is 1.46 bits per heavy atom. The van der Waals surface area contributed by atoms with Gasteiger partial charge in [-0.15, -0.1) is 0 Å². The molecule has 0 radical (unpaired) electrons. The number of aliphatic hydroxyl groups is 2. The summed E-state index contributed by atoms with van der Waals surface area (Å²) in [5.41, 5.74) is 0. The number of hydrogen-bond donors (Lipinski definition) is 3. The molecule has 9 nitrogen and oxygen atoms in total. The molecule has 0 saturated carbocycles. The highest BCUT2D eigenvalue weighted by Crippen LogP contribution is 2.43. The summed E-state index contributed by atoms with van der Waals surface area (Å²) in [7, 11) is -4.52. The molecular weight excluding hydrogens is 727 g/mol. The Hall–Kier alpha value is -1.06. The normalized spacial score (nSPS) is 14.2. The van der Waals surface area contributed by atoms with Crippen LogP contribution in [0, 0.1) is 0 Å². The molecule has 56 heavy (non-hydrogen) atoms. The van der Waals surface area contributed by atoms with Gasteiger partial charge in [0.15, 0.2) is 0 Å². The first-order valence-corrected chi connectivity index (χ1v) is 24.8. The zero-order chi connectivity index (χ0) is 41.1. The van der Waals surface area contributed by atoms with Gasteiger partial charge in [-0.3, -0.25) is 13.8 Å². The van der Waals surface area contributed by atoms with E-state index in [0.29, 0.717) is 6.61 Å². The zero-order valence-electron chi connectivity index (χ0n) is 36.4. The van der Waals surface area contributed by atoms with Crippen LogP contribution in [0.1, 0.15) is 219 Å². The number of ether oxygens (including phenoxy) is 2. The van der Waals surface area contributed by atoms with Crippen molar-refractivity contribution in [2.45, 2.75) is 232 Å². The van der Waals surface area contributed by atoms with Crippen molar-refractivity contribution in [3.8, 4) is 0 Å². The van der Waals surface area contributed by atoms with E-state index in [1.807, 2.05) is 0 Å². The number of allylic oxidation sites excluding steroid dienone is 4. The van der Waals surface area contributed by atoms with E-state index in [0.717, 1.165) is 51.4 Å². The average molecular weight is 817 g/mol. The topological polar surface area (TPSA) is 132 Å². The third kappa shape index (κ3) is 42.5. The molecule has 3 N–H and O–H groups in total. The van der Waals surface area contributed by atoms with Crippen molar-refractivity contribution in [2.75, 3.05) is 33.0 Å². The molecule has 0 aliphatic carbocycles. The van der Waals surface area contributed by atoms with Gasteiger partial charge >= 0.3 is 13.8 Å². The first-order chi connectivity index (χ1) is 27.3. The molecule has 0 aliphatic rings. The molecule has 0 rings (SSSR count). The highest BCUT2D eigenvalue weighted by Gasteiger charge is 2.26. The van der Waals surface area contributed by atoms with Gasteiger partial charge in [0, 0.05) is 13.0 Å². The molecule has 3 unspecified atom stereocenters. The number of phosphoric ester groups is 1. The van der Waals surface area contributed by atoms with Crippen LogP contribution in [0.5, 0.6) is 0 Å². The van der Waals surface area contributed by atoms with Crippen LogP contribution in [0.4, 0.5) is 0 Å². The van der Waals surface area contributed by atoms with E-state index in [9.17, 15) is 19.4 Å². The van der Waals surface area contributed by atoms with Crippen molar-refractivity contribution in [3.63, 3.8) is 0 Å². The van der Waals surface area contributed by atoms with Crippen molar-refractivity contribution >= 4 is 13.8 Å². The third-order valence-corrected chi connectivity index (χ3v) is 11.1. The van der Waals surface area contributed by atoms with Gasteiger partial charge < -0.3 is 24.6 Å². The predicted molar refractivity (Wildman–Crippen MR) is 233 cm³/mol. The van der Waals surface area contributed by atoms with Gasteiger partial charge in [-0.2, -0.15) is 0 Å². The van der Waals surface area contributed by atoms with E-state index in [4.69, 9.17) is 23.6 Å². The maximum Gasteiger partial charge on any atom is 0.472 e. The van der Waals surface area contributed by atoms with Crippen molar-refractivity contribution < 1.29 is 43.0 Å². The third-order valence-electron chi connectivity index (χ3n) is 10.1. The Morgan fingerprint density at radius 1 is 0.554 bits per heavy atom.